The number of amides is 1. The molecule has 0 unspecified atom stereocenters. The van der Waals surface area contributed by atoms with E-state index >= 15 is 0 Å². The molecule has 22 heavy (non-hydrogen) atoms. The number of likely N-dealkylation sites (tertiary alicyclic amines) is 1. The SMILES string of the molecule is O=C(c1cn(-c2ccc(C(F)(F)F)cn2)nn1)N1CC(O)C1. The van der Waals surface area contributed by atoms with E-state index in [0.29, 0.717) is 6.20 Å². The fourth-order valence-electron chi connectivity index (χ4n) is 1.95. The van der Waals surface area contributed by atoms with E-state index in [-0.39, 0.29) is 24.6 Å². The third kappa shape index (κ3) is 2.64. The van der Waals surface area contributed by atoms with Crippen molar-refractivity contribution < 1.29 is 23.1 Å². The van der Waals surface area contributed by atoms with Gasteiger partial charge in [0, 0.05) is 19.3 Å². The van der Waals surface area contributed by atoms with Gasteiger partial charge in [-0.25, -0.2) is 9.67 Å². The number of carbonyl (C=O) groups is 1. The van der Waals surface area contributed by atoms with E-state index in [1.165, 1.54) is 11.1 Å². The zero-order chi connectivity index (χ0) is 15.9. The molecule has 1 amide bonds. The Labute approximate surface area is 122 Å². The number of aliphatic hydroxyl groups is 1. The summed E-state index contributed by atoms with van der Waals surface area (Å²) in [5, 5.41) is 16.5. The lowest BCUT2D eigenvalue weighted by Crippen LogP contribution is -2.53. The largest absolute Gasteiger partial charge is 0.417 e. The predicted molar refractivity (Wildman–Crippen MR) is 66.1 cm³/mol. The third-order valence-corrected chi connectivity index (χ3v) is 3.17. The van der Waals surface area contributed by atoms with Crippen LogP contribution in [-0.2, 0) is 6.18 Å². The summed E-state index contributed by atoms with van der Waals surface area (Å²) in [6, 6.07) is 2.01. The van der Waals surface area contributed by atoms with Gasteiger partial charge in [-0.2, -0.15) is 13.2 Å². The van der Waals surface area contributed by atoms with E-state index in [1.54, 1.807) is 0 Å². The lowest BCUT2D eigenvalue weighted by Gasteiger charge is -2.35. The summed E-state index contributed by atoms with van der Waals surface area (Å²) >= 11 is 0. The monoisotopic (exact) mass is 313 g/mol. The second-order valence-corrected chi connectivity index (χ2v) is 4.82. The molecule has 0 aliphatic carbocycles. The Morgan fingerprint density at radius 2 is 2.05 bits per heavy atom. The third-order valence-electron chi connectivity index (χ3n) is 3.17. The van der Waals surface area contributed by atoms with Crippen LogP contribution in [0.2, 0.25) is 0 Å². The number of pyridine rings is 1. The minimum Gasteiger partial charge on any atom is -0.389 e. The van der Waals surface area contributed by atoms with Crippen LogP contribution in [0.25, 0.3) is 5.82 Å². The van der Waals surface area contributed by atoms with Gasteiger partial charge in [0.15, 0.2) is 11.5 Å². The lowest BCUT2D eigenvalue weighted by atomic mass is 10.1. The maximum Gasteiger partial charge on any atom is 0.417 e. The van der Waals surface area contributed by atoms with Crippen LogP contribution in [-0.4, -0.2) is 55.1 Å². The van der Waals surface area contributed by atoms with Crippen molar-refractivity contribution in [3.05, 3.63) is 35.8 Å². The van der Waals surface area contributed by atoms with Gasteiger partial charge >= 0.3 is 6.18 Å². The number of alkyl halides is 3. The van der Waals surface area contributed by atoms with Gasteiger partial charge in [-0.1, -0.05) is 5.21 Å². The van der Waals surface area contributed by atoms with Gasteiger partial charge < -0.3 is 10.0 Å². The Morgan fingerprint density at radius 3 is 2.59 bits per heavy atom. The lowest BCUT2D eigenvalue weighted by molar-refractivity contribution is -0.137. The van der Waals surface area contributed by atoms with Crippen LogP contribution >= 0.6 is 0 Å². The number of hydrogen-bond donors (Lipinski definition) is 1. The quantitative estimate of drug-likeness (QED) is 0.873. The van der Waals surface area contributed by atoms with E-state index in [9.17, 15) is 18.0 Å². The second-order valence-electron chi connectivity index (χ2n) is 4.82. The topological polar surface area (TPSA) is 84.1 Å². The molecule has 0 saturated carbocycles. The minimum absolute atomic E-state index is 0.0357. The normalized spacial score (nSPS) is 15.7. The van der Waals surface area contributed by atoms with Crippen molar-refractivity contribution in [1.82, 2.24) is 24.9 Å². The number of β-amino-alcohol motifs (C(OH)–C–C–N with tert-alkyl or cyclic N) is 1. The summed E-state index contributed by atoms with van der Waals surface area (Å²) in [7, 11) is 0. The highest BCUT2D eigenvalue weighted by Gasteiger charge is 2.32. The van der Waals surface area contributed by atoms with Crippen LogP contribution in [0.1, 0.15) is 16.1 Å². The molecule has 1 aliphatic rings. The van der Waals surface area contributed by atoms with Gasteiger partial charge in [0.25, 0.3) is 5.91 Å². The Morgan fingerprint density at radius 1 is 1.32 bits per heavy atom. The zero-order valence-electron chi connectivity index (χ0n) is 11.0. The van der Waals surface area contributed by atoms with Crippen LogP contribution in [0.3, 0.4) is 0 Å². The van der Waals surface area contributed by atoms with E-state index in [2.05, 4.69) is 15.3 Å². The summed E-state index contributed by atoms with van der Waals surface area (Å²) in [6.07, 6.45) is -3.03. The van der Waals surface area contributed by atoms with Crippen molar-refractivity contribution in [2.45, 2.75) is 12.3 Å². The number of nitrogens with zero attached hydrogens (tertiary/aromatic N) is 5. The molecule has 116 valence electrons. The van der Waals surface area contributed by atoms with Crippen LogP contribution in [0.15, 0.2) is 24.5 Å². The highest BCUT2D eigenvalue weighted by atomic mass is 19.4. The molecule has 1 saturated heterocycles. The number of hydrogen-bond acceptors (Lipinski definition) is 5. The Balaban J connectivity index is 1.77. The van der Waals surface area contributed by atoms with Crippen LogP contribution in [0.4, 0.5) is 13.2 Å². The summed E-state index contributed by atoms with van der Waals surface area (Å²) in [6.45, 7) is 0.453. The number of halogens is 3. The van der Waals surface area contributed by atoms with Gasteiger partial charge in [0.2, 0.25) is 0 Å². The number of aliphatic hydroxyl groups excluding tert-OH is 1. The van der Waals surface area contributed by atoms with Gasteiger partial charge in [0.05, 0.1) is 17.9 Å². The Bertz CT molecular complexity index is 692. The molecule has 7 nitrogen and oxygen atoms in total. The molecule has 3 rings (SSSR count). The molecular formula is C12H10F3N5O2. The van der Waals surface area contributed by atoms with Crippen molar-refractivity contribution in [2.24, 2.45) is 0 Å². The first kappa shape index (κ1) is 14.4. The first-order valence-electron chi connectivity index (χ1n) is 6.28. The molecule has 3 heterocycles. The molecule has 0 atom stereocenters. The summed E-state index contributed by atoms with van der Waals surface area (Å²) < 4.78 is 38.5. The van der Waals surface area contributed by atoms with Crippen molar-refractivity contribution in [2.75, 3.05) is 13.1 Å². The van der Waals surface area contributed by atoms with Crippen molar-refractivity contribution in [1.29, 1.82) is 0 Å². The summed E-state index contributed by atoms with van der Waals surface area (Å²) in [5.74, 6) is -0.286. The first-order chi connectivity index (χ1) is 10.3. The fourth-order valence-corrected chi connectivity index (χ4v) is 1.95. The molecule has 2 aromatic rings. The average Bonchev–Trinajstić information content (AvgIpc) is 2.92. The van der Waals surface area contributed by atoms with Crippen molar-refractivity contribution >= 4 is 5.91 Å². The molecule has 0 bridgehead atoms. The minimum atomic E-state index is -4.46. The highest BCUT2D eigenvalue weighted by Crippen LogP contribution is 2.28. The van der Waals surface area contributed by atoms with Crippen LogP contribution in [0.5, 0.6) is 0 Å². The molecule has 0 spiro atoms. The molecule has 10 heteroatoms. The van der Waals surface area contributed by atoms with Gasteiger partial charge in [0.1, 0.15) is 0 Å². The van der Waals surface area contributed by atoms with Crippen molar-refractivity contribution in [3.63, 3.8) is 0 Å². The van der Waals surface area contributed by atoms with Crippen LogP contribution < -0.4 is 0 Å². The summed E-state index contributed by atoms with van der Waals surface area (Å²) in [4.78, 5) is 17.0. The van der Waals surface area contributed by atoms with Crippen molar-refractivity contribution in [3.8, 4) is 5.82 Å². The molecule has 0 radical (unpaired) electrons. The molecule has 2 aromatic heterocycles. The van der Waals surface area contributed by atoms with E-state index in [0.717, 1.165) is 16.8 Å². The molecule has 1 fully saturated rings. The average molecular weight is 313 g/mol. The molecule has 0 aromatic carbocycles. The zero-order valence-corrected chi connectivity index (χ0v) is 11.0. The highest BCUT2D eigenvalue weighted by molar-refractivity contribution is 5.92. The Hall–Kier alpha value is -2.49. The van der Waals surface area contributed by atoms with E-state index in [1.807, 2.05) is 0 Å². The number of carbonyl (C=O) groups excluding carboxylic acids is 1. The van der Waals surface area contributed by atoms with E-state index < -0.39 is 23.8 Å². The smallest absolute Gasteiger partial charge is 0.389 e. The van der Waals surface area contributed by atoms with Gasteiger partial charge in [-0.15, -0.1) is 5.10 Å². The summed E-state index contributed by atoms with van der Waals surface area (Å²) in [5.41, 5.74) is -0.837. The molecule has 1 aliphatic heterocycles. The standard InChI is InChI=1S/C12H10F3N5O2/c13-12(14,15)7-1-2-10(16-3-7)20-6-9(17-18-20)11(22)19-4-8(21)5-19/h1-3,6,8,21H,4-5H2. The fraction of sp³-hybridized carbons (Fsp3) is 0.333. The second kappa shape index (κ2) is 5.05. The van der Waals surface area contributed by atoms with Gasteiger partial charge in [-0.3, -0.25) is 4.79 Å². The number of rotatable bonds is 2. The first-order valence-corrected chi connectivity index (χ1v) is 6.28. The predicted octanol–water partition coefficient (Wildman–Crippen LogP) is 0.498. The molecule has 1 N–H and O–H groups in total. The van der Waals surface area contributed by atoms with Crippen LogP contribution in [0, 0.1) is 0 Å². The number of aromatic nitrogens is 4. The Kier molecular flexibility index (Phi) is 3.32. The maximum atomic E-state index is 12.5. The maximum absolute atomic E-state index is 12.5. The van der Waals surface area contributed by atoms with Gasteiger partial charge in [-0.05, 0) is 12.1 Å². The molecular weight excluding hydrogens is 303 g/mol. The van der Waals surface area contributed by atoms with E-state index in [4.69, 9.17) is 5.11 Å².